The Morgan fingerprint density at radius 1 is 0.862 bits per heavy atom. The van der Waals surface area contributed by atoms with Gasteiger partial charge in [-0.05, 0) is 6.92 Å². The molecule has 1 aliphatic rings. The number of hydrogen-bond acceptors (Lipinski definition) is 7. The molecule has 1 aromatic carbocycles. The highest BCUT2D eigenvalue weighted by Gasteiger charge is 2.25. The first-order valence-electron chi connectivity index (χ1n) is 9.44. The summed E-state index contributed by atoms with van der Waals surface area (Å²) >= 11 is 0. The van der Waals surface area contributed by atoms with Gasteiger partial charge in [-0.15, -0.1) is 10.2 Å². The Balaban J connectivity index is 1.38. The minimum Gasteiger partial charge on any atom is -0.351 e. The molecule has 0 amide bonds. The molecule has 0 atom stereocenters. The van der Waals surface area contributed by atoms with Crippen LogP contribution in [-0.4, -0.2) is 55.7 Å². The van der Waals surface area contributed by atoms with Crippen molar-refractivity contribution >= 4 is 17.3 Å². The summed E-state index contributed by atoms with van der Waals surface area (Å²) in [6, 6.07) is 9.33. The van der Waals surface area contributed by atoms with Gasteiger partial charge in [-0.25, -0.2) is 19.3 Å². The summed E-state index contributed by atoms with van der Waals surface area (Å²) in [6.07, 6.45) is 5.03. The highest BCUT2D eigenvalue weighted by molar-refractivity contribution is 5.66. The van der Waals surface area contributed by atoms with E-state index < -0.39 is 0 Å². The number of rotatable bonds is 3. The topological polar surface area (TPSA) is 75.3 Å². The number of halogens is 1. The van der Waals surface area contributed by atoms with Crippen molar-refractivity contribution in [3.8, 4) is 11.3 Å². The van der Waals surface area contributed by atoms with Gasteiger partial charge in [-0.2, -0.15) is 0 Å². The first kappa shape index (κ1) is 17.5. The summed E-state index contributed by atoms with van der Waals surface area (Å²) in [4.78, 5) is 17.0. The van der Waals surface area contributed by atoms with Gasteiger partial charge in [0.05, 0.1) is 0 Å². The Labute approximate surface area is 166 Å². The van der Waals surface area contributed by atoms with E-state index in [0.717, 1.165) is 22.9 Å². The van der Waals surface area contributed by atoms with Crippen LogP contribution in [0.4, 0.5) is 16.0 Å². The number of benzene rings is 1. The molecular formula is C20H19FN8. The molecule has 0 saturated carbocycles. The van der Waals surface area contributed by atoms with Gasteiger partial charge in [-0.1, -0.05) is 30.3 Å². The molecule has 1 fully saturated rings. The van der Waals surface area contributed by atoms with E-state index in [4.69, 9.17) is 0 Å². The van der Waals surface area contributed by atoms with Crippen LogP contribution in [0.25, 0.3) is 16.9 Å². The summed E-state index contributed by atoms with van der Waals surface area (Å²) in [6.45, 7) is 4.52. The van der Waals surface area contributed by atoms with Crippen LogP contribution in [0.1, 0.15) is 5.82 Å². The van der Waals surface area contributed by atoms with E-state index in [1.54, 1.807) is 6.20 Å². The van der Waals surface area contributed by atoms with E-state index in [1.807, 2.05) is 52.8 Å². The molecule has 0 bridgehead atoms. The van der Waals surface area contributed by atoms with Gasteiger partial charge < -0.3 is 9.80 Å². The third-order valence-corrected chi connectivity index (χ3v) is 5.18. The Morgan fingerprint density at radius 2 is 1.59 bits per heavy atom. The summed E-state index contributed by atoms with van der Waals surface area (Å²) in [5.74, 6) is 1.56. The van der Waals surface area contributed by atoms with Gasteiger partial charge in [0.1, 0.15) is 17.8 Å². The zero-order valence-electron chi connectivity index (χ0n) is 15.9. The van der Waals surface area contributed by atoms with Crippen molar-refractivity contribution in [1.82, 2.24) is 29.5 Å². The molecule has 4 aromatic rings. The fourth-order valence-electron chi connectivity index (χ4n) is 3.66. The molecular weight excluding hydrogens is 371 g/mol. The van der Waals surface area contributed by atoms with E-state index in [-0.39, 0.29) is 5.82 Å². The molecule has 5 rings (SSSR count). The Bertz CT molecular complexity index is 1150. The highest BCUT2D eigenvalue weighted by Crippen LogP contribution is 2.27. The molecule has 0 aliphatic carbocycles. The average Bonchev–Trinajstić information content (AvgIpc) is 3.16. The van der Waals surface area contributed by atoms with Crippen LogP contribution < -0.4 is 9.80 Å². The first-order valence-corrected chi connectivity index (χ1v) is 9.44. The summed E-state index contributed by atoms with van der Waals surface area (Å²) in [5, 5.41) is 8.38. The van der Waals surface area contributed by atoms with E-state index >= 15 is 4.39 Å². The Kier molecular flexibility index (Phi) is 4.27. The molecule has 4 heterocycles. The zero-order valence-corrected chi connectivity index (χ0v) is 15.9. The van der Waals surface area contributed by atoms with Crippen molar-refractivity contribution in [2.45, 2.75) is 6.92 Å². The minimum absolute atomic E-state index is 0.323. The van der Waals surface area contributed by atoms with Crippen LogP contribution in [-0.2, 0) is 0 Å². The Morgan fingerprint density at radius 3 is 2.34 bits per heavy atom. The van der Waals surface area contributed by atoms with E-state index in [1.165, 1.54) is 6.33 Å². The predicted molar refractivity (Wildman–Crippen MR) is 107 cm³/mol. The lowest BCUT2D eigenvalue weighted by molar-refractivity contribution is 0.584. The number of aryl methyl sites for hydroxylation is 1. The molecule has 9 heteroatoms. The maximum absolute atomic E-state index is 15.2. The van der Waals surface area contributed by atoms with Crippen LogP contribution in [0.5, 0.6) is 0 Å². The second-order valence-electron chi connectivity index (χ2n) is 6.89. The van der Waals surface area contributed by atoms with E-state index in [0.29, 0.717) is 37.7 Å². The number of fused-ring (bicyclic) bond motifs is 1. The van der Waals surface area contributed by atoms with Crippen molar-refractivity contribution in [2.24, 2.45) is 0 Å². The van der Waals surface area contributed by atoms with Crippen LogP contribution in [0.2, 0.25) is 0 Å². The van der Waals surface area contributed by atoms with Crippen molar-refractivity contribution in [3.63, 3.8) is 0 Å². The second-order valence-corrected chi connectivity index (χ2v) is 6.89. The molecule has 0 unspecified atom stereocenters. The van der Waals surface area contributed by atoms with E-state index in [9.17, 15) is 0 Å². The molecule has 0 radical (unpaired) electrons. The fraction of sp³-hybridized carbons (Fsp3) is 0.250. The lowest BCUT2D eigenvalue weighted by Crippen LogP contribution is -2.47. The lowest BCUT2D eigenvalue weighted by Gasteiger charge is -2.36. The minimum atomic E-state index is -0.388. The van der Waals surface area contributed by atoms with Gasteiger partial charge in [-0.3, -0.25) is 4.40 Å². The average molecular weight is 390 g/mol. The molecule has 3 aromatic heterocycles. The second kappa shape index (κ2) is 7.08. The van der Waals surface area contributed by atoms with Crippen molar-refractivity contribution < 1.29 is 4.39 Å². The van der Waals surface area contributed by atoms with Crippen molar-refractivity contribution in [2.75, 3.05) is 36.0 Å². The summed E-state index contributed by atoms with van der Waals surface area (Å²) < 4.78 is 17.1. The van der Waals surface area contributed by atoms with Crippen molar-refractivity contribution in [3.05, 3.63) is 60.7 Å². The largest absolute Gasteiger partial charge is 0.351 e. The normalized spacial score (nSPS) is 14.6. The number of piperazine rings is 1. The van der Waals surface area contributed by atoms with Crippen LogP contribution in [0.3, 0.4) is 0 Å². The molecule has 1 aliphatic heterocycles. The number of anilines is 2. The van der Waals surface area contributed by atoms with Crippen LogP contribution in [0, 0.1) is 12.7 Å². The Hall–Kier alpha value is -3.62. The number of hydrogen-bond donors (Lipinski definition) is 0. The summed E-state index contributed by atoms with van der Waals surface area (Å²) in [5.41, 5.74) is 1.80. The third-order valence-electron chi connectivity index (χ3n) is 5.18. The molecule has 8 nitrogen and oxygen atoms in total. The summed E-state index contributed by atoms with van der Waals surface area (Å²) in [7, 11) is 0. The van der Waals surface area contributed by atoms with Crippen molar-refractivity contribution in [1.29, 1.82) is 0 Å². The molecule has 146 valence electrons. The number of nitrogens with zero attached hydrogens (tertiary/aromatic N) is 8. The van der Waals surface area contributed by atoms with Gasteiger partial charge in [0.2, 0.25) is 5.65 Å². The van der Waals surface area contributed by atoms with Gasteiger partial charge in [0.15, 0.2) is 17.5 Å². The molecule has 29 heavy (non-hydrogen) atoms. The molecule has 0 N–H and O–H groups in total. The first-order chi connectivity index (χ1) is 14.2. The van der Waals surface area contributed by atoms with Gasteiger partial charge in [0.25, 0.3) is 0 Å². The van der Waals surface area contributed by atoms with Crippen LogP contribution >= 0.6 is 0 Å². The quantitative estimate of drug-likeness (QED) is 0.532. The van der Waals surface area contributed by atoms with Gasteiger partial charge in [0, 0.05) is 44.1 Å². The smallest absolute Gasteiger partial charge is 0.203 e. The highest BCUT2D eigenvalue weighted by atomic mass is 19.1. The van der Waals surface area contributed by atoms with Crippen LogP contribution in [0.15, 0.2) is 49.1 Å². The number of aromatic nitrogens is 6. The maximum atomic E-state index is 15.2. The lowest BCUT2D eigenvalue weighted by atomic mass is 10.1. The van der Waals surface area contributed by atoms with E-state index in [2.05, 4.69) is 30.0 Å². The monoisotopic (exact) mass is 390 g/mol. The van der Waals surface area contributed by atoms with Gasteiger partial charge >= 0.3 is 0 Å². The molecule has 1 saturated heterocycles. The fourth-order valence-corrected chi connectivity index (χ4v) is 3.66. The third kappa shape index (κ3) is 3.04. The zero-order chi connectivity index (χ0) is 19.8. The predicted octanol–water partition coefficient (Wildman–Crippen LogP) is 2.36. The standard InChI is InChI=1S/C20H19FN8/c1-14-25-26-20-19(22-7-8-29(14)20)28-11-9-27(10-12-28)18-16(21)17(23-13-24-18)15-5-3-2-4-6-15/h2-8,13H,9-12H2,1H3. The maximum Gasteiger partial charge on any atom is 0.203 e. The SMILES string of the molecule is Cc1nnc2c(N3CCN(c4ncnc(-c5ccccc5)c4F)CC3)nccn12. The molecule has 0 spiro atoms.